The summed E-state index contributed by atoms with van der Waals surface area (Å²) in [7, 11) is 1.34. The van der Waals surface area contributed by atoms with Crippen LogP contribution in [0.2, 0.25) is 0 Å². The van der Waals surface area contributed by atoms with Gasteiger partial charge in [-0.2, -0.15) is 0 Å². The molecule has 2 heterocycles. The van der Waals surface area contributed by atoms with Gasteiger partial charge in [-0.15, -0.1) is 0 Å². The smallest absolute Gasteiger partial charge is 0.305 e. The number of esters is 1. The zero-order chi connectivity index (χ0) is 14.5. The van der Waals surface area contributed by atoms with Gasteiger partial charge in [0.15, 0.2) is 0 Å². The van der Waals surface area contributed by atoms with Crippen LogP contribution in [0.4, 0.5) is 0 Å². The maximum absolute atomic E-state index is 12.2. The molecule has 1 amide bonds. The molecule has 0 aliphatic carbocycles. The second kappa shape index (κ2) is 6.71. The summed E-state index contributed by atoms with van der Waals surface area (Å²) < 4.78 is 10.2. The van der Waals surface area contributed by atoms with Crippen molar-refractivity contribution >= 4 is 46.3 Å². The Labute approximate surface area is 125 Å². The summed E-state index contributed by atoms with van der Waals surface area (Å²) >= 11 is 6.42. The van der Waals surface area contributed by atoms with E-state index in [0.717, 1.165) is 0 Å². The highest BCUT2D eigenvalue weighted by atomic mass is 32.2. The number of carbonyl (C=O) groups is 2. The van der Waals surface area contributed by atoms with Crippen LogP contribution in [0.25, 0.3) is 6.08 Å². The van der Waals surface area contributed by atoms with E-state index in [9.17, 15) is 9.59 Å². The van der Waals surface area contributed by atoms with Crippen LogP contribution in [0.3, 0.4) is 0 Å². The Bertz CT molecular complexity index is 551. The molecule has 1 aromatic rings. The van der Waals surface area contributed by atoms with Gasteiger partial charge in [0.2, 0.25) is 0 Å². The van der Waals surface area contributed by atoms with Crippen molar-refractivity contribution in [3.63, 3.8) is 0 Å². The van der Waals surface area contributed by atoms with Gasteiger partial charge in [0, 0.05) is 19.0 Å². The van der Waals surface area contributed by atoms with Crippen LogP contribution in [0, 0.1) is 0 Å². The summed E-state index contributed by atoms with van der Waals surface area (Å²) in [6.45, 7) is 0.412. The molecule has 1 aliphatic heterocycles. The Morgan fingerprint density at radius 3 is 3.05 bits per heavy atom. The van der Waals surface area contributed by atoms with Crippen LogP contribution in [0.5, 0.6) is 0 Å². The predicted octanol–water partition coefficient (Wildman–Crippen LogP) is 2.43. The molecule has 1 fully saturated rings. The zero-order valence-corrected chi connectivity index (χ0v) is 12.5. The van der Waals surface area contributed by atoms with Crippen molar-refractivity contribution in [1.29, 1.82) is 0 Å². The maximum atomic E-state index is 12.2. The number of carbonyl (C=O) groups excluding carboxylic acids is 2. The molecular weight excluding hydrogens is 298 g/mol. The Hall–Kier alpha value is -1.60. The van der Waals surface area contributed by atoms with E-state index in [2.05, 4.69) is 4.74 Å². The topological polar surface area (TPSA) is 59.8 Å². The highest BCUT2D eigenvalue weighted by Crippen LogP contribution is 2.32. The second-order valence-electron chi connectivity index (χ2n) is 4.03. The number of thioether (sulfide) groups is 1. The molecule has 7 heteroatoms. The molecule has 0 bridgehead atoms. The minimum absolute atomic E-state index is 0.152. The third-order valence-corrected chi connectivity index (χ3v) is 4.06. The summed E-state index contributed by atoms with van der Waals surface area (Å²) in [5, 5.41) is 0. The van der Waals surface area contributed by atoms with Gasteiger partial charge in [0.25, 0.3) is 5.91 Å². The fourth-order valence-electron chi connectivity index (χ4n) is 1.68. The highest BCUT2D eigenvalue weighted by Gasteiger charge is 2.31. The normalized spacial score (nSPS) is 17.1. The SMILES string of the molecule is COC(=O)CCCN1C(=O)/C(=C/c2ccco2)SC1=S. The van der Waals surface area contributed by atoms with Crippen molar-refractivity contribution in [2.45, 2.75) is 12.8 Å². The van der Waals surface area contributed by atoms with Crippen LogP contribution in [0.15, 0.2) is 27.7 Å². The van der Waals surface area contributed by atoms with Crippen LogP contribution >= 0.6 is 24.0 Å². The number of hydrogen-bond acceptors (Lipinski definition) is 6. The van der Waals surface area contributed by atoms with Crippen molar-refractivity contribution in [3.8, 4) is 0 Å². The van der Waals surface area contributed by atoms with Crippen molar-refractivity contribution in [2.75, 3.05) is 13.7 Å². The van der Waals surface area contributed by atoms with Crippen molar-refractivity contribution in [1.82, 2.24) is 4.90 Å². The van der Waals surface area contributed by atoms with Gasteiger partial charge in [-0.1, -0.05) is 24.0 Å². The van der Waals surface area contributed by atoms with Gasteiger partial charge in [-0.05, 0) is 18.6 Å². The minimum atomic E-state index is -0.290. The van der Waals surface area contributed by atoms with E-state index in [-0.39, 0.29) is 18.3 Å². The van der Waals surface area contributed by atoms with E-state index < -0.39 is 0 Å². The number of ether oxygens (including phenoxy) is 1. The first-order valence-electron chi connectivity index (χ1n) is 5.97. The monoisotopic (exact) mass is 311 g/mol. The molecular formula is C13H13NO4S2. The molecule has 1 aromatic heterocycles. The molecule has 0 aromatic carbocycles. The lowest BCUT2D eigenvalue weighted by Crippen LogP contribution is -2.29. The van der Waals surface area contributed by atoms with Crippen LogP contribution in [0.1, 0.15) is 18.6 Å². The van der Waals surface area contributed by atoms with Gasteiger partial charge in [0.05, 0.1) is 18.3 Å². The van der Waals surface area contributed by atoms with Crippen LogP contribution < -0.4 is 0 Å². The molecule has 1 saturated heterocycles. The van der Waals surface area contributed by atoms with E-state index in [1.54, 1.807) is 24.5 Å². The van der Waals surface area contributed by atoms with Crippen molar-refractivity contribution in [3.05, 3.63) is 29.1 Å². The summed E-state index contributed by atoms with van der Waals surface area (Å²) in [4.78, 5) is 25.2. The third kappa shape index (κ3) is 3.49. The summed E-state index contributed by atoms with van der Waals surface area (Å²) in [6, 6.07) is 3.52. The van der Waals surface area contributed by atoms with E-state index in [4.69, 9.17) is 16.6 Å². The molecule has 0 atom stereocenters. The minimum Gasteiger partial charge on any atom is -0.469 e. The first-order chi connectivity index (χ1) is 9.61. The number of rotatable bonds is 5. The molecule has 5 nitrogen and oxygen atoms in total. The first-order valence-corrected chi connectivity index (χ1v) is 7.20. The third-order valence-electron chi connectivity index (χ3n) is 2.68. The van der Waals surface area contributed by atoms with E-state index in [0.29, 0.717) is 28.0 Å². The zero-order valence-electron chi connectivity index (χ0n) is 10.8. The number of thiocarbonyl (C=S) groups is 1. The summed E-state index contributed by atoms with van der Waals surface area (Å²) in [6.07, 6.45) is 4.00. The lowest BCUT2D eigenvalue weighted by atomic mass is 10.3. The highest BCUT2D eigenvalue weighted by molar-refractivity contribution is 8.26. The molecule has 0 N–H and O–H groups in total. The van der Waals surface area contributed by atoms with Crippen molar-refractivity contribution < 1.29 is 18.7 Å². The molecule has 0 unspecified atom stereocenters. The van der Waals surface area contributed by atoms with E-state index >= 15 is 0 Å². The van der Waals surface area contributed by atoms with Crippen molar-refractivity contribution in [2.24, 2.45) is 0 Å². The first kappa shape index (κ1) is 14.8. The number of amides is 1. The molecule has 0 spiro atoms. The molecule has 0 radical (unpaired) electrons. The largest absolute Gasteiger partial charge is 0.469 e. The summed E-state index contributed by atoms with van der Waals surface area (Å²) in [5.74, 6) is 0.169. The van der Waals surface area contributed by atoms with Gasteiger partial charge in [0.1, 0.15) is 10.1 Å². The summed E-state index contributed by atoms with van der Waals surface area (Å²) in [5.41, 5.74) is 0. The number of nitrogens with zero attached hydrogens (tertiary/aromatic N) is 1. The standard InChI is InChI=1S/C13H13NO4S2/c1-17-11(15)5-2-6-14-12(16)10(20-13(14)19)8-9-4-3-7-18-9/h3-4,7-8H,2,5-6H2,1H3/b10-8-. The van der Waals surface area contributed by atoms with Gasteiger partial charge < -0.3 is 9.15 Å². The van der Waals surface area contributed by atoms with Gasteiger partial charge >= 0.3 is 5.97 Å². The molecule has 2 rings (SSSR count). The van der Waals surface area contributed by atoms with Crippen LogP contribution in [-0.4, -0.2) is 34.8 Å². The fourth-order valence-corrected chi connectivity index (χ4v) is 2.97. The Morgan fingerprint density at radius 2 is 2.40 bits per heavy atom. The Balaban J connectivity index is 1.97. The molecule has 106 valence electrons. The van der Waals surface area contributed by atoms with E-state index in [1.807, 2.05) is 0 Å². The number of furan rings is 1. The lowest BCUT2D eigenvalue weighted by Gasteiger charge is -2.13. The Kier molecular flexibility index (Phi) is 4.97. The molecule has 20 heavy (non-hydrogen) atoms. The number of methoxy groups -OCH3 is 1. The lowest BCUT2D eigenvalue weighted by molar-refractivity contribution is -0.141. The van der Waals surface area contributed by atoms with E-state index in [1.165, 1.54) is 23.8 Å². The average molecular weight is 311 g/mol. The Morgan fingerprint density at radius 1 is 1.60 bits per heavy atom. The quantitative estimate of drug-likeness (QED) is 0.473. The maximum Gasteiger partial charge on any atom is 0.305 e. The fraction of sp³-hybridized carbons (Fsp3) is 0.308. The molecule has 1 aliphatic rings. The van der Waals surface area contributed by atoms with Gasteiger partial charge in [-0.3, -0.25) is 14.5 Å². The van der Waals surface area contributed by atoms with Crippen LogP contribution in [-0.2, 0) is 14.3 Å². The second-order valence-corrected chi connectivity index (χ2v) is 5.70. The van der Waals surface area contributed by atoms with Gasteiger partial charge in [-0.25, -0.2) is 0 Å². The number of hydrogen-bond donors (Lipinski definition) is 0. The predicted molar refractivity (Wildman–Crippen MR) is 79.8 cm³/mol. The molecule has 0 saturated carbocycles. The average Bonchev–Trinajstić information content (AvgIpc) is 3.02.